The number of fused-ring (bicyclic) bond motifs is 2. The maximum atomic E-state index is 12.0. The summed E-state index contributed by atoms with van der Waals surface area (Å²) in [5.74, 6) is 1.76. The lowest BCUT2D eigenvalue weighted by molar-refractivity contribution is -0.118. The minimum atomic E-state index is -0.205. The van der Waals surface area contributed by atoms with Crippen LogP contribution in [0.1, 0.15) is 5.56 Å². The molecule has 1 aliphatic rings. The second-order valence-corrected chi connectivity index (χ2v) is 7.74. The van der Waals surface area contributed by atoms with E-state index in [1.54, 1.807) is 30.6 Å². The van der Waals surface area contributed by atoms with Gasteiger partial charge in [-0.1, -0.05) is 23.9 Å². The Kier molecular flexibility index (Phi) is 5.12. The summed E-state index contributed by atoms with van der Waals surface area (Å²) in [6, 6.07) is 11.4. The first-order valence-electron chi connectivity index (χ1n) is 8.01. The monoisotopic (exact) mass is 401 g/mol. The normalized spacial score (nSPS) is 12.6. The van der Waals surface area contributed by atoms with Crippen molar-refractivity contribution in [2.45, 2.75) is 4.34 Å². The summed E-state index contributed by atoms with van der Waals surface area (Å²) in [5, 5.41) is 3.99. The second-order valence-electron chi connectivity index (χ2n) is 5.49. The Labute approximate surface area is 163 Å². The topological polar surface area (TPSA) is 82.0 Å². The molecule has 1 aromatic heterocycles. The molecule has 2 heterocycles. The highest BCUT2D eigenvalue weighted by atomic mass is 32.2. The number of rotatable bonds is 6. The number of nitrogens with zero attached hydrogens (tertiary/aromatic N) is 2. The Morgan fingerprint density at radius 3 is 3.15 bits per heavy atom. The minimum Gasteiger partial charge on any atom is -0.493 e. The third-order valence-corrected chi connectivity index (χ3v) is 5.86. The predicted molar refractivity (Wildman–Crippen MR) is 105 cm³/mol. The number of ether oxygens (including phenoxy) is 3. The fraction of sp³-hybridized carbons (Fsp3) is 0.167. The zero-order valence-electron chi connectivity index (χ0n) is 14.3. The van der Waals surface area contributed by atoms with Crippen LogP contribution >= 0.6 is 23.1 Å². The van der Waals surface area contributed by atoms with Gasteiger partial charge in [-0.05, 0) is 24.3 Å². The lowest BCUT2D eigenvalue weighted by atomic mass is 10.2. The summed E-state index contributed by atoms with van der Waals surface area (Å²) in [5.41, 5.74) is 4.19. The van der Waals surface area contributed by atoms with Crippen LogP contribution < -0.4 is 19.6 Å². The summed E-state index contributed by atoms with van der Waals surface area (Å²) in [4.78, 5) is 16.5. The largest absolute Gasteiger partial charge is 0.493 e. The Hall–Kier alpha value is -2.78. The molecule has 1 amide bonds. The van der Waals surface area contributed by atoms with Crippen molar-refractivity contribution in [2.24, 2.45) is 5.10 Å². The lowest BCUT2D eigenvalue weighted by Gasteiger charge is -2.05. The number of benzene rings is 2. The summed E-state index contributed by atoms with van der Waals surface area (Å²) in [7, 11) is 1.55. The van der Waals surface area contributed by atoms with E-state index in [1.807, 2.05) is 24.3 Å². The zero-order chi connectivity index (χ0) is 18.6. The number of carbonyl (C=O) groups excluding carboxylic acids is 1. The van der Waals surface area contributed by atoms with E-state index in [1.165, 1.54) is 18.0 Å². The van der Waals surface area contributed by atoms with E-state index in [2.05, 4.69) is 15.5 Å². The van der Waals surface area contributed by atoms with Gasteiger partial charge in [0.15, 0.2) is 15.8 Å². The van der Waals surface area contributed by atoms with Gasteiger partial charge in [-0.3, -0.25) is 4.79 Å². The average molecular weight is 401 g/mol. The molecule has 3 aromatic rings. The van der Waals surface area contributed by atoms with Gasteiger partial charge in [0.05, 0.1) is 29.3 Å². The molecule has 0 bridgehead atoms. The molecule has 0 saturated heterocycles. The summed E-state index contributed by atoms with van der Waals surface area (Å²) < 4.78 is 17.9. The number of aromatic nitrogens is 1. The molecule has 4 rings (SSSR count). The minimum absolute atomic E-state index is 0.159. The number of methoxy groups -OCH3 is 1. The van der Waals surface area contributed by atoms with Crippen molar-refractivity contribution in [3.63, 3.8) is 0 Å². The Bertz CT molecular complexity index is 986. The Morgan fingerprint density at radius 2 is 2.30 bits per heavy atom. The number of hydrazone groups is 1. The first-order chi connectivity index (χ1) is 13.2. The SMILES string of the molecule is COc1cc(/C=N\NC(=O)CSc2nc3ccccc3s2)cc2c1OCO2. The predicted octanol–water partition coefficient (Wildman–Crippen LogP) is 3.28. The molecule has 0 atom stereocenters. The number of para-hydroxylation sites is 1. The van der Waals surface area contributed by atoms with Crippen LogP contribution in [0.4, 0.5) is 0 Å². The van der Waals surface area contributed by atoms with Crippen molar-refractivity contribution in [3.8, 4) is 17.2 Å². The lowest BCUT2D eigenvalue weighted by Crippen LogP contribution is -2.19. The molecule has 2 aromatic carbocycles. The molecule has 27 heavy (non-hydrogen) atoms. The Balaban J connectivity index is 1.33. The number of thiazole rings is 1. The highest BCUT2D eigenvalue weighted by Gasteiger charge is 2.19. The van der Waals surface area contributed by atoms with E-state index in [4.69, 9.17) is 14.2 Å². The van der Waals surface area contributed by atoms with Crippen LogP contribution in [0.15, 0.2) is 45.8 Å². The molecule has 9 heteroatoms. The van der Waals surface area contributed by atoms with Gasteiger partial charge in [-0.2, -0.15) is 5.10 Å². The van der Waals surface area contributed by atoms with Crippen LogP contribution in [-0.2, 0) is 4.79 Å². The zero-order valence-corrected chi connectivity index (χ0v) is 15.9. The first-order valence-corrected chi connectivity index (χ1v) is 9.81. The van der Waals surface area contributed by atoms with Crippen molar-refractivity contribution in [2.75, 3.05) is 19.7 Å². The van der Waals surface area contributed by atoms with E-state index in [-0.39, 0.29) is 18.5 Å². The van der Waals surface area contributed by atoms with Gasteiger partial charge in [-0.25, -0.2) is 10.4 Å². The van der Waals surface area contributed by atoms with Crippen molar-refractivity contribution in [1.82, 2.24) is 10.4 Å². The van der Waals surface area contributed by atoms with Crippen LogP contribution in [0.25, 0.3) is 10.2 Å². The van der Waals surface area contributed by atoms with Gasteiger partial charge in [0.1, 0.15) is 0 Å². The number of amides is 1. The van der Waals surface area contributed by atoms with Crippen molar-refractivity contribution < 1.29 is 19.0 Å². The van der Waals surface area contributed by atoms with E-state index in [0.29, 0.717) is 17.2 Å². The maximum Gasteiger partial charge on any atom is 0.250 e. The van der Waals surface area contributed by atoms with Crippen molar-refractivity contribution in [3.05, 3.63) is 42.0 Å². The van der Waals surface area contributed by atoms with Crippen LogP contribution in [0.3, 0.4) is 0 Å². The third kappa shape index (κ3) is 3.99. The molecule has 0 radical (unpaired) electrons. The smallest absolute Gasteiger partial charge is 0.250 e. The van der Waals surface area contributed by atoms with E-state index < -0.39 is 0 Å². The molecule has 0 saturated carbocycles. The van der Waals surface area contributed by atoms with Crippen LogP contribution in [0.5, 0.6) is 17.2 Å². The standard InChI is InChI=1S/C18H15N3O4S2/c1-23-13-6-11(7-14-17(13)25-10-24-14)8-19-21-16(22)9-26-18-20-12-4-2-3-5-15(12)27-18/h2-8H,9-10H2,1H3,(H,21,22)/b19-8-. The number of hydrogen-bond acceptors (Lipinski definition) is 8. The van der Waals surface area contributed by atoms with E-state index in [0.717, 1.165) is 20.1 Å². The second kappa shape index (κ2) is 7.85. The summed E-state index contributed by atoms with van der Waals surface area (Å²) >= 11 is 2.96. The van der Waals surface area contributed by atoms with Crippen molar-refractivity contribution in [1.29, 1.82) is 0 Å². The van der Waals surface area contributed by atoms with Crippen molar-refractivity contribution >= 4 is 45.4 Å². The molecular weight excluding hydrogens is 386 g/mol. The van der Waals surface area contributed by atoms with Gasteiger partial charge in [-0.15, -0.1) is 11.3 Å². The highest BCUT2D eigenvalue weighted by molar-refractivity contribution is 8.01. The highest BCUT2D eigenvalue weighted by Crippen LogP contribution is 2.41. The molecule has 0 spiro atoms. The number of hydrogen-bond donors (Lipinski definition) is 1. The average Bonchev–Trinajstić information content (AvgIpc) is 3.32. The molecular formula is C18H15N3O4S2. The van der Waals surface area contributed by atoms with Crippen LogP contribution in [-0.4, -0.2) is 36.8 Å². The molecule has 138 valence electrons. The van der Waals surface area contributed by atoms with Crippen LogP contribution in [0.2, 0.25) is 0 Å². The summed E-state index contributed by atoms with van der Waals surface area (Å²) in [6.07, 6.45) is 1.53. The van der Waals surface area contributed by atoms with Gasteiger partial charge in [0.2, 0.25) is 12.5 Å². The molecule has 7 nitrogen and oxygen atoms in total. The summed E-state index contributed by atoms with van der Waals surface area (Å²) in [6.45, 7) is 0.159. The van der Waals surface area contributed by atoms with Crippen LogP contribution in [0, 0.1) is 0 Å². The quantitative estimate of drug-likeness (QED) is 0.388. The molecule has 0 aliphatic carbocycles. The van der Waals surface area contributed by atoms with E-state index in [9.17, 15) is 4.79 Å². The van der Waals surface area contributed by atoms with E-state index >= 15 is 0 Å². The molecule has 1 aliphatic heterocycles. The number of nitrogens with one attached hydrogen (secondary N) is 1. The molecule has 1 N–H and O–H groups in total. The van der Waals surface area contributed by atoms with Gasteiger partial charge in [0, 0.05) is 5.56 Å². The number of carbonyl (C=O) groups is 1. The first kappa shape index (κ1) is 17.6. The number of thioether (sulfide) groups is 1. The fourth-order valence-electron chi connectivity index (χ4n) is 2.48. The Morgan fingerprint density at radius 1 is 1.41 bits per heavy atom. The maximum absolute atomic E-state index is 12.0. The van der Waals surface area contributed by atoms with Gasteiger partial charge < -0.3 is 14.2 Å². The van der Waals surface area contributed by atoms with Gasteiger partial charge in [0.25, 0.3) is 5.91 Å². The van der Waals surface area contributed by atoms with Gasteiger partial charge >= 0.3 is 0 Å². The fourth-order valence-corrected chi connectivity index (χ4v) is 4.34. The third-order valence-electron chi connectivity index (χ3n) is 3.68. The molecule has 0 fully saturated rings. The molecule has 0 unspecified atom stereocenters.